The van der Waals surface area contributed by atoms with E-state index in [9.17, 15) is 19.4 Å². The molecule has 1 aliphatic heterocycles. The number of carboxylic acid groups (broad SMARTS) is 1. The molecular formula is C22H21FN2O3. The number of aromatic nitrogens is 2. The highest BCUT2D eigenvalue weighted by Crippen LogP contribution is 2.47. The summed E-state index contributed by atoms with van der Waals surface area (Å²) in [6.45, 7) is 6.80. The number of carboxylic acids is 1. The van der Waals surface area contributed by atoms with Crippen molar-refractivity contribution in [1.29, 1.82) is 0 Å². The Balaban J connectivity index is 1.95. The summed E-state index contributed by atoms with van der Waals surface area (Å²) in [5.74, 6) is -1.82. The van der Waals surface area contributed by atoms with Crippen LogP contribution in [-0.4, -0.2) is 26.0 Å². The summed E-state index contributed by atoms with van der Waals surface area (Å²) in [7, 11) is 0. The maximum Gasteiger partial charge on any atom is 0.339 e. The lowest BCUT2D eigenvalue weighted by Crippen LogP contribution is -2.28. The molecule has 1 unspecified atom stereocenters. The fourth-order valence-corrected chi connectivity index (χ4v) is 3.87. The number of halogens is 1. The molecule has 28 heavy (non-hydrogen) atoms. The molecule has 2 aromatic carbocycles. The maximum atomic E-state index is 14.3. The molecule has 0 amide bonds. The molecule has 0 spiro atoms. The number of nitrogens with zero attached hydrogens (tertiary/aromatic N) is 2. The van der Waals surface area contributed by atoms with Crippen molar-refractivity contribution in [2.75, 3.05) is 0 Å². The van der Waals surface area contributed by atoms with E-state index in [2.05, 4.69) is 25.9 Å². The average Bonchev–Trinajstić information content (AvgIpc) is 3.04. The van der Waals surface area contributed by atoms with Crippen molar-refractivity contribution >= 4 is 5.97 Å². The molecule has 0 bridgehead atoms. The van der Waals surface area contributed by atoms with Crippen LogP contribution in [-0.2, 0) is 6.54 Å². The van der Waals surface area contributed by atoms with Crippen molar-refractivity contribution in [2.24, 2.45) is 5.41 Å². The van der Waals surface area contributed by atoms with Crippen molar-refractivity contribution < 1.29 is 19.4 Å². The Morgan fingerprint density at radius 1 is 1.18 bits per heavy atom. The summed E-state index contributed by atoms with van der Waals surface area (Å²) in [5.41, 5.74) is 2.96. The van der Waals surface area contributed by atoms with Crippen molar-refractivity contribution in [3.63, 3.8) is 0 Å². The zero-order chi connectivity index (χ0) is 20.2. The summed E-state index contributed by atoms with van der Waals surface area (Å²) in [6.07, 6.45) is 0. The van der Waals surface area contributed by atoms with Gasteiger partial charge in [-0.2, -0.15) is 5.10 Å². The average molecular weight is 380 g/mol. The quantitative estimate of drug-likeness (QED) is 0.663. The molecule has 1 aromatic heterocycles. The third-order valence-electron chi connectivity index (χ3n) is 5.38. The van der Waals surface area contributed by atoms with Gasteiger partial charge in [-0.1, -0.05) is 32.9 Å². The third kappa shape index (κ3) is 2.85. The van der Waals surface area contributed by atoms with Crippen LogP contribution in [0, 0.1) is 11.2 Å². The van der Waals surface area contributed by atoms with Gasteiger partial charge in [0, 0.05) is 23.6 Å². The second-order valence-corrected chi connectivity index (χ2v) is 8.26. The van der Waals surface area contributed by atoms with Gasteiger partial charge in [0.15, 0.2) is 0 Å². The normalized spacial score (nSPS) is 15.8. The Morgan fingerprint density at radius 2 is 1.89 bits per heavy atom. The summed E-state index contributed by atoms with van der Waals surface area (Å²) >= 11 is 0. The lowest BCUT2D eigenvalue weighted by molar-refractivity contribution is 0.0693. The van der Waals surface area contributed by atoms with Gasteiger partial charge in [-0.25, -0.2) is 9.18 Å². The van der Waals surface area contributed by atoms with Gasteiger partial charge in [-0.3, -0.25) is 4.68 Å². The van der Waals surface area contributed by atoms with Crippen LogP contribution in [0.5, 0.6) is 5.75 Å². The Kier molecular flexibility index (Phi) is 4.03. The van der Waals surface area contributed by atoms with E-state index in [1.165, 1.54) is 12.1 Å². The number of fused-ring (bicyclic) bond motifs is 3. The topological polar surface area (TPSA) is 75.3 Å². The van der Waals surface area contributed by atoms with Gasteiger partial charge in [0.2, 0.25) is 0 Å². The second-order valence-electron chi connectivity index (χ2n) is 8.26. The zero-order valence-corrected chi connectivity index (χ0v) is 15.9. The number of rotatable bonds is 2. The highest BCUT2D eigenvalue weighted by molar-refractivity contribution is 5.92. The SMILES string of the molecule is CC(C)(C)C1Cn2nc(-c3ccccc3F)cc2-c2cc(O)c(C(=O)O)cc21. The number of phenols is 1. The van der Waals surface area contributed by atoms with Crippen molar-refractivity contribution in [3.05, 3.63) is 59.4 Å². The van der Waals surface area contributed by atoms with E-state index in [1.54, 1.807) is 30.3 Å². The van der Waals surface area contributed by atoms with Crippen LogP contribution in [0.25, 0.3) is 22.5 Å². The maximum absolute atomic E-state index is 14.3. The van der Waals surface area contributed by atoms with Crippen LogP contribution in [0.4, 0.5) is 4.39 Å². The monoisotopic (exact) mass is 380 g/mol. The van der Waals surface area contributed by atoms with Crippen LogP contribution < -0.4 is 0 Å². The molecule has 0 aliphatic carbocycles. The van der Waals surface area contributed by atoms with E-state index in [-0.39, 0.29) is 28.5 Å². The predicted octanol–water partition coefficient (Wildman–Crippen LogP) is 4.90. The van der Waals surface area contributed by atoms with Crippen LogP contribution >= 0.6 is 0 Å². The van der Waals surface area contributed by atoms with Crippen molar-refractivity contribution in [3.8, 4) is 28.3 Å². The Morgan fingerprint density at radius 3 is 2.54 bits per heavy atom. The predicted molar refractivity (Wildman–Crippen MR) is 104 cm³/mol. The molecule has 144 valence electrons. The molecule has 0 fully saturated rings. The van der Waals surface area contributed by atoms with E-state index in [0.717, 1.165) is 16.8 Å². The fraction of sp³-hybridized carbons (Fsp3) is 0.273. The zero-order valence-electron chi connectivity index (χ0n) is 15.9. The van der Waals surface area contributed by atoms with Gasteiger partial charge in [0.05, 0.1) is 11.4 Å². The standard InChI is InChI=1S/C22H21FN2O3/c1-22(2,3)16-11-25-19(10-18(24-25)12-6-4-5-7-17(12)23)14-9-20(26)15(21(27)28)8-13(14)16/h4-10,16,26H,11H2,1-3H3,(H,27,28). The van der Waals surface area contributed by atoms with Crippen molar-refractivity contribution in [2.45, 2.75) is 33.2 Å². The first-order chi connectivity index (χ1) is 13.2. The van der Waals surface area contributed by atoms with Crippen LogP contribution in [0.2, 0.25) is 0 Å². The Hall–Kier alpha value is -3.15. The minimum Gasteiger partial charge on any atom is -0.507 e. The highest BCUT2D eigenvalue weighted by atomic mass is 19.1. The number of hydrogen-bond donors (Lipinski definition) is 2. The third-order valence-corrected chi connectivity index (χ3v) is 5.38. The van der Waals surface area contributed by atoms with Gasteiger partial charge in [0.1, 0.15) is 17.1 Å². The van der Waals surface area contributed by atoms with E-state index >= 15 is 0 Å². The molecule has 4 rings (SSSR count). The summed E-state index contributed by atoms with van der Waals surface area (Å²) in [4.78, 5) is 11.5. The Labute approximate surface area is 162 Å². The first kappa shape index (κ1) is 18.2. The summed E-state index contributed by atoms with van der Waals surface area (Å²) < 4.78 is 16.1. The van der Waals surface area contributed by atoms with Crippen LogP contribution in [0.15, 0.2) is 42.5 Å². The van der Waals surface area contributed by atoms with Crippen LogP contribution in [0.3, 0.4) is 0 Å². The van der Waals surface area contributed by atoms with E-state index in [1.807, 2.05) is 4.68 Å². The van der Waals surface area contributed by atoms with E-state index < -0.39 is 5.97 Å². The largest absolute Gasteiger partial charge is 0.507 e. The molecule has 0 saturated heterocycles. The lowest BCUT2D eigenvalue weighted by atomic mass is 9.73. The minimum atomic E-state index is -1.17. The second kappa shape index (κ2) is 6.19. The van der Waals surface area contributed by atoms with Crippen molar-refractivity contribution in [1.82, 2.24) is 9.78 Å². The van der Waals surface area contributed by atoms with Gasteiger partial charge in [0.25, 0.3) is 0 Å². The Bertz CT molecular complexity index is 1100. The first-order valence-electron chi connectivity index (χ1n) is 9.10. The molecule has 0 radical (unpaired) electrons. The van der Waals surface area contributed by atoms with Gasteiger partial charge >= 0.3 is 5.97 Å². The molecule has 1 atom stereocenters. The van der Waals surface area contributed by atoms with Gasteiger partial charge in [-0.15, -0.1) is 0 Å². The molecule has 6 heteroatoms. The van der Waals surface area contributed by atoms with Gasteiger partial charge in [-0.05, 0) is 41.3 Å². The summed E-state index contributed by atoms with van der Waals surface area (Å²) in [6, 6.07) is 11.3. The van der Waals surface area contributed by atoms with E-state index in [4.69, 9.17) is 0 Å². The number of benzene rings is 2. The minimum absolute atomic E-state index is 0.0120. The molecule has 2 heterocycles. The number of aromatic carboxylic acids is 1. The fourth-order valence-electron chi connectivity index (χ4n) is 3.87. The number of aromatic hydroxyl groups is 1. The molecule has 3 aromatic rings. The van der Waals surface area contributed by atoms with Gasteiger partial charge < -0.3 is 10.2 Å². The van der Waals surface area contributed by atoms with E-state index in [0.29, 0.717) is 17.8 Å². The molecular weight excluding hydrogens is 359 g/mol. The summed E-state index contributed by atoms with van der Waals surface area (Å²) in [5, 5.41) is 24.3. The molecule has 1 aliphatic rings. The lowest BCUT2D eigenvalue weighted by Gasteiger charge is -2.36. The molecule has 0 saturated carbocycles. The molecule has 2 N–H and O–H groups in total. The number of hydrogen-bond acceptors (Lipinski definition) is 3. The molecule has 5 nitrogen and oxygen atoms in total. The smallest absolute Gasteiger partial charge is 0.339 e. The first-order valence-corrected chi connectivity index (χ1v) is 9.10. The van der Waals surface area contributed by atoms with Crippen LogP contribution in [0.1, 0.15) is 42.6 Å². The highest BCUT2D eigenvalue weighted by Gasteiger charge is 2.35. The number of carbonyl (C=O) groups is 1.